The van der Waals surface area contributed by atoms with Crippen LogP contribution in [0.5, 0.6) is 0 Å². The summed E-state index contributed by atoms with van der Waals surface area (Å²) >= 11 is 0. The van der Waals surface area contributed by atoms with Gasteiger partial charge in [-0.15, -0.1) is 0 Å². The lowest BCUT2D eigenvalue weighted by atomic mass is 10.0. The topological polar surface area (TPSA) is 99.3 Å². The highest BCUT2D eigenvalue weighted by Crippen LogP contribution is 2.31. The Morgan fingerprint density at radius 2 is 1.47 bits per heavy atom. The standard InChI is InChI=1S/C19H23F3N6O2/c20-19(21,22)15-3-1-2-14(24-15)16-25-17(23)27-18(26-16)28(12-4-8-29-9-5-12)13-6-10-30-11-7-13/h1-3,12-13H,4-11H2,(H2,23,25,26,27). The number of aromatic nitrogens is 4. The second-order valence-electron chi connectivity index (χ2n) is 7.32. The Morgan fingerprint density at radius 3 is 2.03 bits per heavy atom. The molecule has 2 aliphatic heterocycles. The number of ether oxygens (including phenoxy) is 2. The van der Waals surface area contributed by atoms with Gasteiger partial charge in [-0.1, -0.05) is 6.07 Å². The number of nitrogens with zero attached hydrogens (tertiary/aromatic N) is 5. The highest BCUT2D eigenvalue weighted by molar-refractivity contribution is 5.54. The van der Waals surface area contributed by atoms with Gasteiger partial charge in [0.1, 0.15) is 11.4 Å². The van der Waals surface area contributed by atoms with E-state index in [1.807, 2.05) is 0 Å². The maximum Gasteiger partial charge on any atom is 0.433 e. The number of alkyl halides is 3. The zero-order valence-electron chi connectivity index (χ0n) is 16.3. The van der Waals surface area contributed by atoms with Crippen LogP contribution in [0.15, 0.2) is 18.2 Å². The largest absolute Gasteiger partial charge is 0.433 e. The molecular weight excluding hydrogens is 401 g/mol. The summed E-state index contributed by atoms with van der Waals surface area (Å²) in [5.41, 5.74) is 4.92. The summed E-state index contributed by atoms with van der Waals surface area (Å²) < 4.78 is 50.2. The normalized spacial score (nSPS) is 19.0. The van der Waals surface area contributed by atoms with Crippen LogP contribution in [0.1, 0.15) is 31.4 Å². The van der Waals surface area contributed by atoms with Gasteiger partial charge in [0.05, 0.1) is 0 Å². The predicted octanol–water partition coefficient (Wildman–Crippen LogP) is 2.70. The number of hydrogen-bond donors (Lipinski definition) is 1. The molecule has 2 aromatic heterocycles. The quantitative estimate of drug-likeness (QED) is 0.800. The highest BCUT2D eigenvalue weighted by atomic mass is 19.4. The average Bonchev–Trinajstić information content (AvgIpc) is 2.75. The summed E-state index contributed by atoms with van der Waals surface area (Å²) in [5, 5.41) is 0. The Hall–Kier alpha value is -2.53. The van der Waals surface area contributed by atoms with Crippen LogP contribution in [0.2, 0.25) is 0 Å². The first-order valence-electron chi connectivity index (χ1n) is 9.92. The number of hydrogen-bond acceptors (Lipinski definition) is 8. The maximum atomic E-state index is 13.1. The summed E-state index contributed by atoms with van der Waals surface area (Å²) in [6.45, 7) is 2.53. The number of nitrogens with two attached hydrogens (primary N) is 1. The molecule has 2 saturated heterocycles. The van der Waals surface area contributed by atoms with Crippen molar-refractivity contribution in [3.05, 3.63) is 23.9 Å². The van der Waals surface area contributed by atoms with Gasteiger partial charge in [-0.05, 0) is 37.8 Å². The first-order valence-corrected chi connectivity index (χ1v) is 9.92. The van der Waals surface area contributed by atoms with Crippen molar-refractivity contribution in [1.29, 1.82) is 0 Å². The predicted molar refractivity (Wildman–Crippen MR) is 103 cm³/mol. The van der Waals surface area contributed by atoms with Crippen LogP contribution in [0, 0.1) is 0 Å². The average molecular weight is 424 g/mol. The number of pyridine rings is 1. The van der Waals surface area contributed by atoms with E-state index in [0.717, 1.165) is 31.7 Å². The van der Waals surface area contributed by atoms with Gasteiger partial charge < -0.3 is 20.1 Å². The Balaban J connectivity index is 1.72. The molecule has 2 aliphatic rings. The van der Waals surface area contributed by atoms with Crippen molar-refractivity contribution in [3.63, 3.8) is 0 Å². The zero-order valence-corrected chi connectivity index (χ0v) is 16.3. The van der Waals surface area contributed by atoms with E-state index in [2.05, 4.69) is 24.8 Å². The fraction of sp³-hybridized carbons (Fsp3) is 0.579. The van der Waals surface area contributed by atoms with Gasteiger partial charge in [0.15, 0.2) is 5.82 Å². The van der Waals surface area contributed by atoms with Crippen LogP contribution >= 0.6 is 0 Å². The maximum absolute atomic E-state index is 13.1. The molecule has 2 N–H and O–H groups in total. The molecule has 0 spiro atoms. The molecule has 0 radical (unpaired) electrons. The summed E-state index contributed by atoms with van der Waals surface area (Å²) in [7, 11) is 0. The monoisotopic (exact) mass is 424 g/mol. The van der Waals surface area contributed by atoms with Crippen LogP contribution in [0.25, 0.3) is 11.5 Å². The van der Waals surface area contributed by atoms with Crippen molar-refractivity contribution in [2.75, 3.05) is 37.1 Å². The molecule has 2 aromatic rings. The molecule has 0 aromatic carbocycles. The third-order valence-electron chi connectivity index (χ3n) is 5.31. The molecule has 2 fully saturated rings. The molecule has 30 heavy (non-hydrogen) atoms. The van der Waals surface area contributed by atoms with Gasteiger partial charge in [-0.25, -0.2) is 4.98 Å². The minimum absolute atomic E-state index is 0.000852. The van der Waals surface area contributed by atoms with Crippen molar-refractivity contribution in [2.45, 2.75) is 43.9 Å². The minimum Gasteiger partial charge on any atom is -0.381 e. The van der Waals surface area contributed by atoms with Crippen molar-refractivity contribution in [2.24, 2.45) is 0 Å². The summed E-state index contributed by atoms with van der Waals surface area (Å²) in [6.07, 6.45) is -1.34. The summed E-state index contributed by atoms with van der Waals surface area (Å²) in [4.78, 5) is 18.7. The van der Waals surface area contributed by atoms with Crippen LogP contribution < -0.4 is 10.6 Å². The lowest BCUT2D eigenvalue weighted by molar-refractivity contribution is -0.141. The first kappa shape index (κ1) is 20.7. The Kier molecular flexibility index (Phi) is 6.00. The third kappa shape index (κ3) is 4.62. The van der Waals surface area contributed by atoms with E-state index in [-0.39, 0.29) is 29.6 Å². The molecule has 11 heteroatoms. The third-order valence-corrected chi connectivity index (χ3v) is 5.31. The molecule has 4 heterocycles. The van der Waals surface area contributed by atoms with E-state index in [1.165, 1.54) is 12.1 Å². The number of rotatable bonds is 4. The highest BCUT2D eigenvalue weighted by Gasteiger charge is 2.34. The van der Waals surface area contributed by atoms with E-state index in [4.69, 9.17) is 15.2 Å². The smallest absolute Gasteiger partial charge is 0.381 e. The Labute approximate surface area is 171 Å². The van der Waals surface area contributed by atoms with Crippen molar-refractivity contribution < 1.29 is 22.6 Å². The summed E-state index contributed by atoms with van der Waals surface area (Å²) in [6, 6.07) is 3.91. The van der Waals surface area contributed by atoms with E-state index in [0.29, 0.717) is 32.4 Å². The molecule has 4 rings (SSSR count). The van der Waals surface area contributed by atoms with Crippen LogP contribution in [-0.2, 0) is 15.7 Å². The molecule has 0 aliphatic carbocycles. The van der Waals surface area contributed by atoms with E-state index in [1.54, 1.807) is 0 Å². The zero-order chi connectivity index (χ0) is 21.1. The van der Waals surface area contributed by atoms with Gasteiger partial charge in [-0.2, -0.15) is 28.1 Å². The van der Waals surface area contributed by atoms with Gasteiger partial charge in [0, 0.05) is 38.5 Å². The second-order valence-corrected chi connectivity index (χ2v) is 7.32. The van der Waals surface area contributed by atoms with Crippen LogP contribution in [-0.4, -0.2) is 58.4 Å². The molecule has 0 amide bonds. The molecule has 8 nitrogen and oxygen atoms in total. The molecule has 0 atom stereocenters. The van der Waals surface area contributed by atoms with Crippen LogP contribution in [0.3, 0.4) is 0 Å². The second kappa shape index (κ2) is 8.68. The van der Waals surface area contributed by atoms with E-state index in [9.17, 15) is 13.2 Å². The number of nitrogen functional groups attached to an aromatic ring is 1. The lowest BCUT2D eigenvalue weighted by Gasteiger charge is -2.41. The summed E-state index contributed by atoms with van der Waals surface area (Å²) in [5.74, 6) is 0.321. The van der Waals surface area contributed by atoms with Gasteiger partial charge in [0.2, 0.25) is 11.9 Å². The number of anilines is 2. The molecule has 0 unspecified atom stereocenters. The molecular formula is C19H23F3N6O2. The lowest BCUT2D eigenvalue weighted by Crippen LogP contribution is -2.49. The molecule has 0 bridgehead atoms. The van der Waals surface area contributed by atoms with Gasteiger partial charge >= 0.3 is 6.18 Å². The Morgan fingerprint density at radius 1 is 0.867 bits per heavy atom. The van der Waals surface area contributed by atoms with Crippen molar-refractivity contribution in [1.82, 2.24) is 19.9 Å². The number of halogens is 3. The van der Waals surface area contributed by atoms with Crippen molar-refractivity contribution in [3.8, 4) is 11.5 Å². The first-order chi connectivity index (χ1) is 14.4. The van der Waals surface area contributed by atoms with E-state index >= 15 is 0 Å². The Bertz CT molecular complexity index is 852. The SMILES string of the molecule is Nc1nc(-c2cccc(C(F)(F)F)n2)nc(N(C2CCOCC2)C2CCOCC2)n1. The van der Waals surface area contributed by atoms with Gasteiger partial charge in [0.25, 0.3) is 0 Å². The van der Waals surface area contributed by atoms with E-state index < -0.39 is 11.9 Å². The fourth-order valence-corrected chi connectivity index (χ4v) is 3.88. The van der Waals surface area contributed by atoms with Gasteiger partial charge in [-0.3, -0.25) is 0 Å². The fourth-order valence-electron chi connectivity index (χ4n) is 3.88. The molecule has 162 valence electrons. The minimum atomic E-state index is -4.56. The van der Waals surface area contributed by atoms with Crippen LogP contribution in [0.4, 0.5) is 25.1 Å². The van der Waals surface area contributed by atoms with Crippen molar-refractivity contribution >= 4 is 11.9 Å². The molecule has 0 saturated carbocycles.